The van der Waals surface area contributed by atoms with Crippen LogP contribution in [0.2, 0.25) is 0 Å². The van der Waals surface area contributed by atoms with Gasteiger partial charge < -0.3 is 14.8 Å². The van der Waals surface area contributed by atoms with Crippen LogP contribution in [0, 0.1) is 5.92 Å². The third kappa shape index (κ3) is 2.27. The van der Waals surface area contributed by atoms with Crippen molar-refractivity contribution < 1.29 is 0 Å². The van der Waals surface area contributed by atoms with Crippen LogP contribution in [0.1, 0.15) is 6.42 Å². The summed E-state index contributed by atoms with van der Waals surface area (Å²) in [5.41, 5.74) is 0. The summed E-state index contributed by atoms with van der Waals surface area (Å²) in [5, 5.41) is 3.25. The molecule has 0 bridgehead atoms. The molecular formula is C12H20N4. The smallest absolute Gasteiger partial charge is 0.205 e. The van der Waals surface area contributed by atoms with E-state index in [9.17, 15) is 0 Å². The maximum Gasteiger partial charge on any atom is 0.205 e. The number of hydrogen-bond acceptors (Lipinski definition) is 3. The molecule has 1 N–H and O–H groups in total. The zero-order chi connectivity index (χ0) is 11.4. The number of aromatic nitrogens is 2. The Morgan fingerprint density at radius 2 is 2.56 bits per heavy atom. The first-order valence-corrected chi connectivity index (χ1v) is 5.86. The van der Waals surface area contributed by atoms with Crippen molar-refractivity contribution in [3.63, 3.8) is 0 Å². The molecule has 2 rings (SSSR count). The van der Waals surface area contributed by atoms with E-state index in [1.165, 1.54) is 6.42 Å². The van der Waals surface area contributed by atoms with Gasteiger partial charge in [0.15, 0.2) is 0 Å². The summed E-state index contributed by atoms with van der Waals surface area (Å²) in [6.45, 7) is 7.92. The lowest BCUT2D eigenvalue weighted by Gasteiger charge is -2.18. The number of nitrogens with zero attached hydrogens (tertiary/aromatic N) is 3. The molecular weight excluding hydrogens is 200 g/mol. The second kappa shape index (κ2) is 5.16. The van der Waals surface area contributed by atoms with Crippen LogP contribution >= 0.6 is 0 Å². The van der Waals surface area contributed by atoms with E-state index in [-0.39, 0.29) is 0 Å². The second-order valence-corrected chi connectivity index (χ2v) is 4.33. The van der Waals surface area contributed by atoms with Crippen LogP contribution in [0.25, 0.3) is 0 Å². The number of allylic oxidation sites excluding steroid dienone is 1. The van der Waals surface area contributed by atoms with Crippen molar-refractivity contribution in [1.29, 1.82) is 0 Å². The Labute approximate surface area is 97.0 Å². The molecule has 1 aromatic rings. The van der Waals surface area contributed by atoms with Gasteiger partial charge in [-0.05, 0) is 25.9 Å². The van der Waals surface area contributed by atoms with Crippen LogP contribution in [0.3, 0.4) is 0 Å². The Bertz CT molecular complexity index is 345. The van der Waals surface area contributed by atoms with Crippen molar-refractivity contribution in [2.75, 3.05) is 31.6 Å². The molecule has 0 amide bonds. The largest absolute Gasteiger partial charge is 0.342 e. The lowest BCUT2D eigenvalue weighted by Crippen LogP contribution is -2.26. The molecule has 4 nitrogen and oxygen atoms in total. The predicted octanol–water partition coefficient (Wildman–Crippen LogP) is 1.11. The van der Waals surface area contributed by atoms with E-state index >= 15 is 0 Å². The van der Waals surface area contributed by atoms with Crippen molar-refractivity contribution in [1.82, 2.24) is 14.9 Å². The number of nitrogens with one attached hydrogen (secondary N) is 1. The number of anilines is 1. The van der Waals surface area contributed by atoms with Gasteiger partial charge in [-0.25, -0.2) is 4.98 Å². The summed E-state index contributed by atoms with van der Waals surface area (Å²) in [6, 6.07) is 0. The van der Waals surface area contributed by atoms with E-state index in [1.807, 2.05) is 25.5 Å². The Morgan fingerprint density at radius 3 is 3.31 bits per heavy atom. The SMILES string of the molecule is C=CCn1ccnc1N1CCC(CNC)C1. The van der Waals surface area contributed by atoms with Gasteiger partial charge in [0.1, 0.15) is 0 Å². The van der Waals surface area contributed by atoms with Gasteiger partial charge in [-0.2, -0.15) is 0 Å². The van der Waals surface area contributed by atoms with Gasteiger partial charge in [0.2, 0.25) is 5.95 Å². The van der Waals surface area contributed by atoms with E-state index in [2.05, 4.69) is 26.3 Å². The molecule has 1 atom stereocenters. The van der Waals surface area contributed by atoms with E-state index in [1.54, 1.807) is 0 Å². The number of imidazole rings is 1. The van der Waals surface area contributed by atoms with Crippen LogP contribution in [-0.2, 0) is 6.54 Å². The highest BCUT2D eigenvalue weighted by Gasteiger charge is 2.24. The molecule has 1 aliphatic rings. The van der Waals surface area contributed by atoms with Crippen molar-refractivity contribution in [2.24, 2.45) is 5.92 Å². The first kappa shape index (κ1) is 11.2. The second-order valence-electron chi connectivity index (χ2n) is 4.33. The van der Waals surface area contributed by atoms with Crippen LogP contribution < -0.4 is 10.2 Å². The van der Waals surface area contributed by atoms with E-state index in [0.29, 0.717) is 0 Å². The fourth-order valence-electron chi connectivity index (χ4n) is 2.34. The monoisotopic (exact) mass is 220 g/mol. The van der Waals surface area contributed by atoms with Gasteiger partial charge in [-0.15, -0.1) is 6.58 Å². The Balaban J connectivity index is 2.02. The average molecular weight is 220 g/mol. The fourth-order valence-corrected chi connectivity index (χ4v) is 2.34. The Hall–Kier alpha value is -1.29. The summed E-state index contributed by atoms with van der Waals surface area (Å²) >= 11 is 0. The summed E-state index contributed by atoms with van der Waals surface area (Å²) in [4.78, 5) is 6.80. The lowest BCUT2D eigenvalue weighted by molar-refractivity contribution is 0.548. The average Bonchev–Trinajstić information content (AvgIpc) is 2.87. The molecule has 0 aromatic carbocycles. The standard InChI is InChI=1S/C12H20N4/c1-3-6-15-8-5-14-12(15)16-7-4-11(10-16)9-13-2/h3,5,8,11,13H,1,4,6-7,9-10H2,2H3. The molecule has 0 radical (unpaired) electrons. The summed E-state index contributed by atoms with van der Waals surface area (Å²) < 4.78 is 2.15. The van der Waals surface area contributed by atoms with Crippen molar-refractivity contribution >= 4 is 5.95 Å². The van der Waals surface area contributed by atoms with Crippen LogP contribution in [0.15, 0.2) is 25.0 Å². The molecule has 88 valence electrons. The van der Waals surface area contributed by atoms with E-state index in [0.717, 1.165) is 38.0 Å². The van der Waals surface area contributed by atoms with Crippen molar-refractivity contribution in [3.05, 3.63) is 25.0 Å². The van der Waals surface area contributed by atoms with Gasteiger partial charge in [-0.3, -0.25) is 0 Å². The number of hydrogen-bond donors (Lipinski definition) is 1. The minimum Gasteiger partial charge on any atom is -0.342 e. The quantitative estimate of drug-likeness (QED) is 0.755. The van der Waals surface area contributed by atoms with E-state index < -0.39 is 0 Å². The van der Waals surface area contributed by atoms with Crippen LogP contribution in [0.5, 0.6) is 0 Å². The highest BCUT2D eigenvalue weighted by atomic mass is 15.3. The zero-order valence-electron chi connectivity index (χ0n) is 9.89. The van der Waals surface area contributed by atoms with Crippen LogP contribution in [0.4, 0.5) is 5.95 Å². The normalized spacial score (nSPS) is 20.3. The number of rotatable bonds is 5. The Morgan fingerprint density at radius 1 is 1.69 bits per heavy atom. The lowest BCUT2D eigenvalue weighted by atomic mass is 10.1. The maximum atomic E-state index is 4.43. The summed E-state index contributed by atoms with van der Waals surface area (Å²) in [6.07, 6.45) is 7.04. The highest BCUT2D eigenvalue weighted by molar-refractivity contribution is 5.33. The van der Waals surface area contributed by atoms with Crippen molar-refractivity contribution in [2.45, 2.75) is 13.0 Å². The molecule has 0 aliphatic carbocycles. The van der Waals surface area contributed by atoms with Crippen LogP contribution in [-0.4, -0.2) is 36.2 Å². The molecule has 1 unspecified atom stereocenters. The fraction of sp³-hybridized carbons (Fsp3) is 0.583. The highest BCUT2D eigenvalue weighted by Crippen LogP contribution is 2.21. The molecule has 1 saturated heterocycles. The molecule has 16 heavy (non-hydrogen) atoms. The molecule has 0 spiro atoms. The van der Waals surface area contributed by atoms with Gasteiger partial charge >= 0.3 is 0 Å². The molecule has 1 aliphatic heterocycles. The minimum absolute atomic E-state index is 0.749. The van der Waals surface area contributed by atoms with E-state index in [4.69, 9.17) is 0 Å². The van der Waals surface area contributed by atoms with Crippen molar-refractivity contribution in [3.8, 4) is 0 Å². The van der Waals surface area contributed by atoms with Gasteiger partial charge in [0.05, 0.1) is 0 Å². The first-order valence-electron chi connectivity index (χ1n) is 5.86. The minimum atomic E-state index is 0.749. The van der Waals surface area contributed by atoms with Gasteiger partial charge in [0.25, 0.3) is 0 Å². The molecule has 0 saturated carbocycles. The third-order valence-electron chi connectivity index (χ3n) is 3.08. The molecule has 2 heterocycles. The molecule has 4 heteroatoms. The summed E-state index contributed by atoms with van der Waals surface area (Å²) in [7, 11) is 2.02. The zero-order valence-corrected chi connectivity index (χ0v) is 9.89. The topological polar surface area (TPSA) is 33.1 Å². The third-order valence-corrected chi connectivity index (χ3v) is 3.08. The summed E-state index contributed by atoms with van der Waals surface area (Å²) in [5.74, 6) is 1.83. The Kier molecular flexibility index (Phi) is 3.62. The first-order chi connectivity index (χ1) is 7.85. The molecule has 1 fully saturated rings. The van der Waals surface area contributed by atoms with Gasteiger partial charge in [-0.1, -0.05) is 6.08 Å². The maximum absolute atomic E-state index is 4.43. The van der Waals surface area contributed by atoms with Gasteiger partial charge in [0, 0.05) is 32.0 Å². The molecule has 1 aromatic heterocycles. The predicted molar refractivity (Wildman–Crippen MR) is 66.7 cm³/mol.